The molecule has 0 fully saturated rings. The van der Waals surface area contributed by atoms with Gasteiger partial charge < -0.3 is 5.32 Å². The standard InChI is InChI=1S/C14H25BrN2O2S2/c1-6-16-8-12-7-13(14(15)20-12)21(18,19)17(11(4)5)9-10(2)3/h7,10-11,16H,6,8-9H2,1-5H3. The Morgan fingerprint density at radius 1 is 1.33 bits per heavy atom. The average molecular weight is 397 g/mol. The molecule has 0 saturated heterocycles. The number of thiophene rings is 1. The first-order valence-corrected chi connectivity index (χ1v) is 10.3. The Balaban J connectivity index is 3.13. The number of halogens is 1. The normalized spacial score (nSPS) is 12.8. The first kappa shape index (κ1) is 19.1. The summed E-state index contributed by atoms with van der Waals surface area (Å²) in [5.41, 5.74) is 0. The lowest BCUT2D eigenvalue weighted by Gasteiger charge is -2.27. The highest BCUT2D eigenvalue weighted by atomic mass is 79.9. The Morgan fingerprint density at radius 2 is 1.95 bits per heavy atom. The zero-order valence-electron chi connectivity index (χ0n) is 13.3. The highest BCUT2D eigenvalue weighted by molar-refractivity contribution is 9.11. The monoisotopic (exact) mass is 396 g/mol. The fraction of sp³-hybridized carbons (Fsp3) is 0.714. The molecule has 0 aliphatic carbocycles. The van der Waals surface area contributed by atoms with E-state index in [4.69, 9.17) is 0 Å². The zero-order chi connectivity index (χ0) is 16.2. The molecule has 0 aliphatic rings. The number of rotatable bonds is 8. The van der Waals surface area contributed by atoms with Gasteiger partial charge in [-0.15, -0.1) is 11.3 Å². The molecule has 1 aromatic heterocycles. The summed E-state index contributed by atoms with van der Waals surface area (Å²) in [6, 6.07) is 1.73. The molecule has 0 spiro atoms. The first-order valence-electron chi connectivity index (χ1n) is 7.20. The highest BCUT2D eigenvalue weighted by Gasteiger charge is 2.30. The van der Waals surface area contributed by atoms with Crippen LogP contribution in [0.3, 0.4) is 0 Å². The summed E-state index contributed by atoms with van der Waals surface area (Å²) in [5, 5.41) is 3.22. The third kappa shape index (κ3) is 5.03. The average Bonchev–Trinajstić information content (AvgIpc) is 2.74. The van der Waals surface area contributed by atoms with Gasteiger partial charge in [0.15, 0.2) is 0 Å². The Morgan fingerprint density at radius 3 is 2.43 bits per heavy atom. The number of nitrogens with zero attached hydrogens (tertiary/aromatic N) is 1. The van der Waals surface area contributed by atoms with E-state index in [1.807, 2.05) is 34.6 Å². The van der Waals surface area contributed by atoms with Crippen LogP contribution in [0.25, 0.3) is 0 Å². The first-order chi connectivity index (χ1) is 9.70. The van der Waals surface area contributed by atoms with Gasteiger partial charge in [0.05, 0.1) is 3.79 Å². The number of hydrogen-bond donors (Lipinski definition) is 1. The summed E-state index contributed by atoms with van der Waals surface area (Å²) in [6.07, 6.45) is 0. The minimum atomic E-state index is -3.46. The van der Waals surface area contributed by atoms with Crippen molar-refractivity contribution in [2.75, 3.05) is 13.1 Å². The molecule has 0 atom stereocenters. The van der Waals surface area contributed by atoms with Crippen molar-refractivity contribution >= 4 is 37.3 Å². The van der Waals surface area contributed by atoms with Crippen LogP contribution in [-0.2, 0) is 16.6 Å². The van der Waals surface area contributed by atoms with Gasteiger partial charge in [-0.05, 0) is 48.3 Å². The minimum Gasteiger partial charge on any atom is -0.312 e. The lowest BCUT2D eigenvalue weighted by molar-refractivity contribution is 0.319. The fourth-order valence-corrected chi connectivity index (χ4v) is 6.39. The maximum absolute atomic E-state index is 12.9. The molecule has 21 heavy (non-hydrogen) atoms. The van der Waals surface area contributed by atoms with Crippen molar-refractivity contribution in [2.45, 2.75) is 52.1 Å². The second kappa shape index (κ2) is 8.06. The summed E-state index contributed by atoms with van der Waals surface area (Å²) in [6.45, 7) is 12.0. The molecule has 122 valence electrons. The van der Waals surface area contributed by atoms with Gasteiger partial charge in [0.1, 0.15) is 4.90 Å². The van der Waals surface area contributed by atoms with E-state index in [2.05, 4.69) is 21.2 Å². The lowest BCUT2D eigenvalue weighted by atomic mass is 10.2. The van der Waals surface area contributed by atoms with Gasteiger partial charge in [0.25, 0.3) is 0 Å². The van der Waals surface area contributed by atoms with Gasteiger partial charge in [-0.25, -0.2) is 8.42 Å². The van der Waals surface area contributed by atoms with E-state index >= 15 is 0 Å². The van der Waals surface area contributed by atoms with Crippen molar-refractivity contribution in [3.8, 4) is 0 Å². The number of hydrogen-bond acceptors (Lipinski definition) is 4. The fourth-order valence-electron chi connectivity index (χ4n) is 1.98. The molecule has 7 heteroatoms. The van der Waals surface area contributed by atoms with E-state index in [1.165, 1.54) is 11.3 Å². The summed E-state index contributed by atoms with van der Waals surface area (Å²) in [5.74, 6) is 0.292. The molecule has 0 radical (unpaired) electrons. The summed E-state index contributed by atoms with van der Waals surface area (Å²) in [4.78, 5) is 1.41. The highest BCUT2D eigenvalue weighted by Crippen LogP contribution is 2.34. The largest absolute Gasteiger partial charge is 0.312 e. The van der Waals surface area contributed by atoms with E-state index in [0.29, 0.717) is 27.7 Å². The van der Waals surface area contributed by atoms with E-state index in [1.54, 1.807) is 10.4 Å². The molecule has 0 aliphatic heterocycles. The summed E-state index contributed by atoms with van der Waals surface area (Å²) >= 11 is 4.89. The van der Waals surface area contributed by atoms with E-state index < -0.39 is 10.0 Å². The third-order valence-corrected chi connectivity index (χ3v) is 7.26. The van der Waals surface area contributed by atoms with Crippen molar-refractivity contribution in [1.82, 2.24) is 9.62 Å². The minimum absolute atomic E-state index is 0.0542. The van der Waals surface area contributed by atoms with Crippen molar-refractivity contribution in [3.63, 3.8) is 0 Å². The molecular weight excluding hydrogens is 372 g/mol. The molecule has 4 nitrogen and oxygen atoms in total. The van der Waals surface area contributed by atoms with Gasteiger partial charge in [-0.3, -0.25) is 0 Å². The van der Waals surface area contributed by atoms with Crippen LogP contribution in [-0.4, -0.2) is 31.9 Å². The molecule has 1 heterocycles. The Bertz CT molecular complexity index is 553. The Hall–Kier alpha value is 0.0500. The maximum Gasteiger partial charge on any atom is 0.245 e. The molecular formula is C14H25BrN2O2S2. The second-order valence-corrected chi connectivity index (χ2v) is 10.0. The van der Waals surface area contributed by atoms with E-state index in [-0.39, 0.29) is 6.04 Å². The number of sulfonamides is 1. The maximum atomic E-state index is 12.9. The van der Waals surface area contributed by atoms with Gasteiger partial charge in [0, 0.05) is 24.0 Å². The molecule has 0 aromatic carbocycles. The zero-order valence-corrected chi connectivity index (χ0v) is 16.5. The van der Waals surface area contributed by atoms with Crippen LogP contribution in [0.1, 0.15) is 39.5 Å². The predicted molar refractivity (Wildman–Crippen MR) is 93.3 cm³/mol. The lowest BCUT2D eigenvalue weighted by Crippen LogP contribution is -2.39. The molecule has 0 bridgehead atoms. The Kier molecular flexibility index (Phi) is 7.33. The van der Waals surface area contributed by atoms with Crippen molar-refractivity contribution in [1.29, 1.82) is 0 Å². The second-order valence-electron chi connectivity index (χ2n) is 5.69. The Labute approximate surface area is 141 Å². The molecule has 0 saturated carbocycles. The van der Waals surface area contributed by atoms with Crippen molar-refractivity contribution < 1.29 is 8.42 Å². The van der Waals surface area contributed by atoms with Gasteiger partial charge in [-0.2, -0.15) is 4.31 Å². The van der Waals surface area contributed by atoms with Crippen LogP contribution >= 0.6 is 27.3 Å². The topological polar surface area (TPSA) is 49.4 Å². The van der Waals surface area contributed by atoms with E-state index in [0.717, 1.165) is 11.4 Å². The van der Waals surface area contributed by atoms with Crippen LogP contribution in [0, 0.1) is 5.92 Å². The predicted octanol–water partition coefficient (Wildman–Crippen LogP) is 3.68. The molecule has 1 N–H and O–H groups in total. The SMILES string of the molecule is CCNCc1cc(S(=O)(=O)N(CC(C)C)C(C)C)c(Br)s1. The van der Waals surface area contributed by atoms with E-state index in [9.17, 15) is 8.42 Å². The molecule has 0 amide bonds. The van der Waals surface area contributed by atoms with Crippen molar-refractivity contribution in [3.05, 3.63) is 14.7 Å². The van der Waals surface area contributed by atoms with Gasteiger partial charge in [0.2, 0.25) is 10.0 Å². The third-order valence-electron chi connectivity index (χ3n) is 2.96. The van der Waals surface area contributed by atoms with Crippen LogP contribution in [0.4, 0.5) is 0 Å². The summed E-state index contributed by atoms with van der Waals surface area (Å²) < 4.78 is 28.1. The smallest absolute Gasteiger partial charge is 0.245 e. The summed E-state index contributed by atoms with van der Waals surface area (Å²) in [7, 11) is -3.46. The quantitative estimate of drug-likeness (QED) is 0.728. The molecule has 1 rings (SSSR count). The van der Waals surface area contributed by atoms with Gasteiger partial charge in [-0.1, -0.05) is 20.8 Å². The van der Waals surface area contributed by atoms with Crippen LogP contribution < -0.4 is 5.32 Å². The number of nitrogens with one attached hydrogen (secondary N) is 1. The van der Waals surface area contributed by atoms with Crippen LogP contribution in [0.15, 0.2) is 14.7 Å². The van der Waals surface area contributed by atoms with Crippen LogP contribution in [0.5, 0.6) is 0 Å². The molecule has 0 unspecified atom stereocenters. The van der Waals surface area contributed by atoms with Gasteiger partial charge >= 0.3 is 0 Å². The van der Waals surface area contributed by atoms with Crippen molar-refractivity contribution in [2.24, 2.45) is 5.92 Å². The van der Waals surface area contributed by atoms with Crippen LogP contribution in [0.2, 0.25) is 0 Å². The molecule has 1 aromatic rings.